The molecule has 1 amide bonds. The molecule has 17 nitrogen and oxygen atoms in total. The van der Waals surface area contributed by atoms with Gasteiger partial charge in [0.1, 0.15) is 41.2 Å². The van der Waals surface area contributed by atoms with Gasteiger partial charge in [-0.3, -0.25) is 14.4 Å². The first-order chi connectivity index (χ1) is 52.4. The van der Waals surface area contributed by atoms with Crippen LogP contribution in [0.15, 0.2) is 108 Å². The predicted octanol–water partition coefficient (Wildman–Crippen LogP) is 17.3. The lowest BCUT2D eigenvalue weighted by Crippen LogP contribution is -2.68. The van der Waals surface area contributed by atoms with Gasteiger partial charge in [0, 0.05) is 50.8 Å². The summed E-state index contributed by atoms with van der Waals surface area (Å²) in [6, 6.07) is 8.59. The largest absolute Gasteiger partial charge is 0.481 e. The number of fused-ring (bicyclic) bond motifs is 14. The van der Waals surface area contributed by atoms with Crippen molar-refractivity contribution in [3.8, 4) is 17.8 Å². The Kier molecular flexibility index (Phi) is 22.8. The number of allylic oxidation sites excluding steroid dienone is 10. The highest BCUT2D eigenvalue weighted by atomic mass is 16.5. The number of carboxylic acid groups (broad SMARTS) is 2. The number of amides is 1. The van der Waals surface area contributed by atoms with E-state index < -0.39 is 40.9 Å². The Labute approximate surface area is 663 Å². The van der Waals surface area contributed by atoms with E-state index in [0.29, 0.717) is 130 Å². The Morgan fingerprint density at radius 1 is 0.550 bits per heavy atom. The van der Waals surface area contributed by atoms with Gasteiger partial charge in [-0.2, -0.15) is 5.26 Å². The first-order valence-corrected chi connectivity index (χ1v) is 42.7. The quantitative estimate of drug-likeness (QED) is 0.0510. The first-order valence-electron chi connectivity index (χ1n) is 42.7. The molecule has 0 saturated heterocycles. The van der Waals surface area contributed by atoms with Crippen molar-refractivity contribution >= 4 is 17.8 Å². The summed E-state index contributed by atoms with van der Waals surface area (Å²) in [6.45, 7) is 41.2. The number of carbonyl (C=O) groups excluding carboxylic acids is 1. The molecule has 608 valence electrons. The molecule has 22 atom stereocenters. The third kappa shape index (κ3) is 13.6. The van der Waals surface area contributed by atoms with E-state index in [0.717, 1.165) is 38.5 Å². The smallest absolute Gasteiger partial charge is 0.313 e. The summed E-state index contributed by atoms with van der Waals surface area (Å²) in [5.41, 5.74) is 13.2. The fourth-order valence-corrected chi connectivity index (χ4v) is 29.1. The SMILES string of the molecule is C=C(C)[C@@H]1CC[C@]2(NC[C@H](O)COC)CC[C@]3(C)[C@H](CC[C@@H]4[C@@]5(C)CC=C(C6=CC[C@](COc7ncccc7C#N)(C(=O)O)CC6)C(C)(C)[C@@H]5CC[C@]43C)[C@@H]12.C=C(C)[C@@H]1CC[C@]2(NC[C@H](O)COC)CC[C@]3(C)[C@H](CC[C@@H]4[C@@]5(C)CC=C(C6=CC[C@](COc7ncccc7C(N)=O)(C(=O)O)CC6)C(C)(C)[C@@H]5CC[C@]43C)[C@@H]12. The zero-order chi connectivity index (χ0) is 80.1. The third-order valence-corrected chi connectivity index (χ3v) is 35.1. The molecule has 12 aliphatic rings. The number of hydrogen-bond donors (Lipinski definition) is 7. The van der Waals surface area contributed by atoms with Crippen molar-refractivity contribution in [1.82, 2.24) is 20.6 Å². The van der Waals surface area contributed by atoms with Gasteiger partial charge in [-0.05, 0) is 317 Å². The van der Waals surface area contributed by atoms with Crippen LogP contribution in [0.2, 0.25) is 0 Å². The van der Waals surface area contributed by atoms with Crippen molar-refractivity contribution in [3.05, 3.63) is 119 Å². The van der Waals surface area contributed by atoms with Gasteiger partial charge in [-0.1, -0.05) is 118 Å². The summed E-state index contributed by atoms with van der Waals surface area (Å²) in [7, 11) is 3.32. The van der Waals surface area contributed by atoms with Crippen LogP contribution in [-0.2, 0) is 19.1 Å². The van der Waals surface area contributed by atoms with E-state index in [1.807, 2.05) is 0 Å². The summed E-state index contributed by atoms with van der Waals surface area (Å²) in [5.74, 6) is 3.53. The van der Waals surface area contributed by atoms with Crippen LogP contribution < -0.4 is 25.8 Å². The van der Waals surface area contributed by atoms with Crippen molar-refractivity contribution in [2.75, 3.05) is 53.7 Å². The molecule has 111 heavy (non-hydrogen) atoms. The number of nitrogens with zero attached hydrogens (tertiary/aromatic N) is 3. The molecule has 14 rings (SSSR count). The second-order valence-electron chi connectivity index (χ2n) is 40.6. The third-order valence-electron chi connectivity index (χ3n) is 35.1. The zero-order valence-electron chi connectivity index (χ0n) is 69.9. The highest BCUT2D eigenvalue weighted by molar-refractivity contribution is 5.95. The van der Waals surface area contributed by atoms with Crippen LogP contribution in [0.25, 0.3) is 0 Å². The molecular weight excluding hydrogens is 1390 g/mol. The van der Waals surface area contributed by atoms with Crippen LogP contribution >= 0.6 is 0 Å². The number of rotatable bonds is 23. The lowest BCUT2D eigenvalue weighted by molar-refractivity contribution is -0.221. The normalized spacial score (nSPS) is 40.7. The number of nitrogens with one attached hydrogen (secondary N) is 2. The molecule has 8 fully saturated rings. The van der Waals surface area contributed by atoms with Gasteiger partial charge < -0.3 is 55.7 Å². The van der Waals surface area contributed by atoms with Gasteiger partial charge in [0.25, 0.3) is 5.91 Å². The summed E-state index contributed by atoms with van der Waals surface area (Å²) in [4.78, 5) is 45.9. The van der Waals surface area contributed by atoms with E-state index in [4.69, 9.17) is 24.7 Å². The van der Waals surface area contributed by atoms with E-state index in [-0.39, 0.29) is 84.9 Å². The Morgan fingerprint density at radius 3 is 1.36 bits per heavy atom. The Morgan fingerprint density at radius 2 is 0.973 bits per heavy atom. The minimum absolute atomic E-state index is 0.0120. The van der Waals surface area contributed by atoms with Crippen molar-refractivity contribution in [3.63, 3.8) is 0 Å². The number of pyridine rings is 2. The van der Waals surface area contributed by atoms with Gasteiger partial charge >= 0.3 is 11.9 Å². The van der Waals surface area contributed by atoms with Gasteiger partial charge in [0.05, 0.1) is 25.4 Å². The molecule has 2 heterocycles. The van der Waals surface area contributed by atoms with E-state index >= 15 is 0 Å². The van der Waals surface area contributed by atoms with Gasteiger partial charge in [-0.25, -0.2) is 9.97 Å². The van der Waals surface area contributed by atoms with Crippen LogP contribution in [0, 0.1) is 125 Å². The number of carboxylic acids is 2. The fraction of sp³-hybridized carbons (Fsp3) is 0.723. The number of hydrogen-bond acceptors (Lipinski definition) is 14. The topological polar surface area (TPSA) is 269 Å². The summed E-state index contributed by atoms with van der Waals surface area (Å²) in [6.07, 6.45) is 36.1. The summed E-state index contributed by atoms with van der Waals surface area (Å²) >= 11 is 0. The van der Waals surface area contributed by atoms with E-state index in [2.05, 4.69) is 147 Å². The highest BCUT2D eigenvalue weighted by Gasteiger charge is 2.73. The average molecular weight is 1530 g/mol. The minimum Gasteiger partial charge on any atom is -0.481 e. The Balaban J connectivity index is 0.000000195. The van der Waals surface area contributed by atoms with Crippen LogP contribution in [-0.4, -0.2) is 125 Å². The van der Waals surface area contributed by atoms with Crippen LogP contribution in [0.3, 0.4) is 0 Å². The maximum Gasteiger partial charge on any atom is 0.313 e. The number of aromatic nitrogens is 2. The zero-order valence-corrected chi connectivity index (χ0v) is 69.9. The second kappa shape index (κ2) is 30.6. The number of aliphatic hydroxyl groups is 2. The molecule has 0 unspecified atom stereocenters. The van der Waals surface area contributed by atoms with Crippen molar-refractivity contribution < 1.29 is 53.8 Å². The molecule has 8 N–H and O–H groups in total. The van der Waals surface area contributed by atoms with Gasteiger partial charge in [-0.15, -0.1) is 0 Å². The standard InChI is InChI=1S/C47H69N3O6.C47H67N3O5/c1-29(2)32-15-22-47(50-26-31(51)27-55-8)24-23-44(6)35(38(32)47)11-12-37-43(5)18-16-34(42(3,4)36(43)17-19-45(37,44)7)30-13-20-46(21-14-30,41(53)54)28-56-40-33(39(48)52)10-9-25-49-40;1-30(2)34-15-22-47(50-27-33(51)28-54-8)24-23-44(6)36(39(34)47)11-12-38-43(5)18-16-35(42(3,4)37(43)17-19-45(38,44)7)31-13-20-46(21-14-31,41(52)53)29-55-40-32(26-48)10-9-25-49-40/h9-10,13,16,25,31-32,35-38,50-51H,1,11-12,14-15,17-24,26-28H2,2-8H3,(H2,48,52)(H,53,54);9-10,13,16,25,33-34,36-39,50-51H,1,11-12,14-15,17-24,27-29H2,2-8H3,(H,52,53)/t31-,32-,35+,36-,37+,38+,43-,44+,45+,46-,47-;33-,34-,36+,37-,38+,39+,43-,44+,45+,46-,47-/m00/s1. The lowest BCUT2D eigenvalue weighted by Gasteiger charge is -2.72. The second-order valence-corrected chi connectivity index (χ2v) is 40.6. The number of aliphatic hydroxyl groups excluding tert-OH is 2. The van der Waals surface area contributed by atoms with Crippen LogP contribution in [0.1, 0.15) is 253 Å². The van der Waals surface area contributed by atoms with E-state index in [1.165, 1.54) is 117 Å². The lowest BCUT2D eigenvalue weighted by atomic mass is 9.33. The Hall–Kier alpha value is -6.00. The number of nitrogens with two attached hydrogens (primary N) is 1. The molecule has 0 spiro atoms. The van der Waals surface area contributed by atoms with Gasteiger partial charge in [0.15, 0.2) is 0 Å². The van der Waals surface area contributed by atoms with Crippen molar-refractivity contribution in [2.45, 2.75) is 260 Å². The fourth-order valence-electron chi connectivity index (χ4n) is 29.1. The number of carbonyl (C=O) groups is 3. The molecule has 0 aliphatic heterocycles. The number of methoxy groups -OCH3 is 2. The predicted molar refractivity (Wildman–Crippen MR) is 434 cm³/mol. The molecule has 8 saturated carbocycles. The van der Waals surface area contributed by atoms with E-state index in [1.54, 1.807) is 44.7 Å². The maximum atomic E-state index is 12.8. The van der Waals surface area contributed by atoms with Crippen LogP contribution in [0.4, 0.5) is 0 Å². The first kappa shape index (κ1) is 83.0. The molecule has 0 bridgehead atoms. The number of aliphatic carboxylic acids is 2. The number of β-amino-alcohol motifs (C(OH)–C–C–N with tert-alkyl or cyclic N) is 2. The number of nitriles is 1. The van der Waals surface area contributed by atoms with Gasteiger partial charge in [0.2, 0.25) is 11.8 Å². The molecule has 0 aromatic carbocycles. The molecule has 17 heteroatoms. The highest BCUT2D eigenvalue weighted by Crippen LogP contribution is 2.79. The minimum atomic E-state index is -1.11. The number of ether oxygens (including phenoxy) is 4. The van der Waals surface area contributed by atoms with E-state index in [9.17, 15) is 40.1 Å². The Bertz CT molecular complexity index is 4080. The van der Waals surface area contributed by atoms with Crippen molar-refractivity contribution in [2.24, 2.45) is 119 Å². The molecule has 0 radical (unpaired) electrons. The molecule has 2 aromatic heterocycles. The monoisotopic (exact) mass is 1530 g/mol. The van der Waals surface area contributed by atoms with Crippen LogP contribution in [0.5, 0.6) is 11.8 Å². The molecular formula is C94H136N6O11. The average Bonchev–Trinajstić information content (AvgIpc) is 1.59. The molecule has 2 aromatic rings. The number of primary amides is 1. The van der Waals surface area contributed by atoms with Crippen molar-refractivity contribution in [1.29, 1.82) is 5.26 Å². The maximum absolute atomic E-state index is 12.8. The summed E-state index contributed by atoms with van der Waals surface area (Å²) in [5, 5.41) is 59.8. The summed E-state index contributed by atoms with van der Waals surface area (Å²) < 4.78 is 22.5. The molecule has 12 aliphatic carbocycles.